The van der Waals surface area contributed by atoms with Crippen LogP contribution in [0.15, 0.2) is 36.5 Å². The van der Waals surface area contributed by atoms with Crippen LogP contribution in [0.4, 0.5) is 11.5 Å². The first kappa shape index (κ1) is 25.0. The van der Waals surface area contributed by atoms with E-state index in [2.05, 4.69) is 29.2 Å². The van der Waals surface area contributed by atoms with Gasteiger partial charge in [-0.15, -0.1) is 0 Å². The third-order valence-electron chi connectivity index (χ3n) is 7.12. The van der Waals surface area contributed by atoms with Gasteiger partial charge in [0, 0.05) is 19.6 Å². The third kappa shape index (κ3) is 6.11. The predicted octanol–water partition coefficient (Wildman–Crippen LogP) is 3.64. The number of amides is 2. The second-order valence-corrected chi connectivity index (χ2v) is 9.92. The van der Waals surface area contributed by atoms with Crippen LogP contribution in [0.5, 0.6) is 5.75 Å². The van der Waals surface area contributed by atoms with Gasteiger partial charge in [-0.05, 0) is 74.4 Å². The molecule has 2 fully saturated rings. The first-order valence-electron chi connectivity index (χ1n) is 12.7. The highest BCUT2D eigenvalue weighted by Gasteiger charge is 2.34. The Balaban J connectivity index is 1.48. The lowest BCUT2D eigenvalue weighted by Gasteiger charge is -2.38. The minimum absolute atomic E-state index is 0.166. The highest BCUT2D eigenvalue weighted by molar-refractivity contribution is 6.39. The van der Waals surface area contributed by atoms with Crippen molar-refractivity contribution >= 4 is 23.3 Å². The number of likely N-dealkylation sites (tertiary alicyclic amines) is 2. The van der Waals surface area contributed by atoms with Crippen molar-refractivity contribution in [2.75, 3.05) is 37.7 Å². The van der Waals surface area contributed by atoms with Crippen LogP contribution in [0, 0.1) is 5.92 Å². The molecule has 0 saturated carbocycles. The summed E-state index contributed by atoms with van der Waals surface area (Å²) in [6.45, 7) is 6.69. The van der Waals surface area contributed by atoms with Gasteiger partial charge < -0.3 is 25.6 Å². The molecule has 2 aromatic rings. The van der Waals surface area contributed by atoms with Crippen molar-refractivity contribution in [1.82, 2.24) is 14.8 Å². The zero-order valence-electron chi connectivity index (χ0n) is 21.0. The van der Waals surface area contributed by atoms with Crippen LogP contribution in [0.3, 0.4) is 0 Å². The number of aryl methyl sites for hydroxylation is 1. The molecule has 4 rings (SSSR count). The Morgan fingerprint density at radius 3 is 2.69 bits per heavy atom. The number of nitrogens with zero attached hydrogens (tertiary/aromatic N) is 3. The monoisotopic (exact) mass is 479 g/mol. The number of anilines is 2. The van der Waals surface area contributed by atoms with E-state index in [4.69, 9.17) is 10.5 Å². The van der Waals surface area contributed by atoms with Gasteiger partial charge in [0.05, 0.1) is 17.9 Å². The maximum absolute atomic E-state index is 13.3. The molecular weight excluding hydrogens is 442 g/mol. The number of rotatable bonds is 5. The van der Waals surface area contributed by atoms with Crippen LogP contribution in [0.25, 0.3) is 0 Å². The van der Waals surface area contributed by atoms with Crippen LogP contribution >= 0.6 is 0 Å². The van der Waals surface area contributed by atoms with Crippen LogP contribution in [0.1, 0.15) is 56.7 Å². The van der Waals surface area contributed by atoms with E-state index < -0.39 is 11.8 Å². The van der Waals surface area contributed by atoms with Crippen molar-refractivity contribution in [2.45, 2.75) is 58.1 Å². The van der Waals surface area contributed by atoms with Gasteiger partial charge in [-0.3, -0.25) is 9.59 Å². The lowest BCUT2D eigenvalue weighted by molar-refractivity contribution is -0.146. The summed E-state index contributed by atoms with van der Waals surface area (Å²) in [7, 11) is 2.13. The van der Waals surface area contributed by atoms with Crippen LogP contribution in [-0.2, 0) is 16.0 Å². The summed E-state index contributed by atoms with van der Waals surface area (Å²) >= 11 is 0. The lowest BCUT2D eigenvalue weighted by Crippen LogP contribution is -2.46. The lowest BCUT2D eigenvalue weighted by atomic mass is 9.89. The first-order chi connectivity index (χ1) is 16.8. The molecule has 1 aromatic carbocycles. The molecule has 2 saturated heterocycles. The van der Waals surface area contributed by atoms with Gasteiger partial charge in [0.2, 0.25) is 0 Å². The fourth-order valence-electron chi connectivity index (χ4n) is 5.00. The molecule has 8 heteroatoms. The largest absolute Gasteiger partial charge is 0.490 e. The van der Waals surface area contributed by atoms with Gasteiger partial charge in [-0.2, -0.15) is 0 Å². The molecule has 0 radical (unpaired) electrons. The molecular formula is C27H37N5O3. The summed E-state index contributed by atoms with van der Waals surface area (Å²) in [5.41, 5.74) is 8.19. The van der Waals surface area contributed by atoms with Gasteiger partial charge in [-0.1, -0.05) is 26.0 Å². The number of ether oxygens (including phenoxy) is 1. The fourth-order valence-corrected chi connectivity index (χ4v) is 5.00. The number of nitrogen functional groups attached to an aromatic ring is 1. The Kier molecular flexibility index (Phi) is 7.90. The number of carbonyl (C=O) groups excluding carboxylic acids is 2. The van der Waals surface area contributed by atoms with Crippen molar-refractivity contribution in [1.29, 1.82) is 0 Å². The maximum Gasteiger partial charge on any atom is 0.313 e. The van der Waals surface area contributed by atoms with E-state index in [0.29, 0.717) is 30.4 Å². The highest BCUT2D eigenvalue weighted by Crippen LogP contribution is 2.35. The van der Waals surface area contributed by atoms with E-state index in [9.17, 15) is 9.59 Å². The minimum atomic E-state index is -0.656. The molecule has 1 aromatic heterocycles. The van der Waals surface area contributed by atoms with Crippen molar-refractivity contribution in [2.24, 2.45) is 5.92 Å². The van der Waals surface area contributed by atoms with Crippen molar-refractivity contribution in [3.63, 3.8) is 0 Å². The standard InChI is InChI=1S/C27H37N5O3/c1-4-19-14-21(16-29-25(19)28)30-26(33)27(34)32-17-18(2)8-9-24(32)20-6-5-7-23(15-20)35-22-10-12-31(3)13-11-22/h5-7,14-16,18,22,24H,4,8-13,17H2,1-3H3,(H2,28,29)(H,30,33)/t18-,24+/m0/s1. The zero-order valence-corrected chi connectivity index (χ0v) is 21.0. The molecule has 8 nitrogen and oxygen atoms in total. The zero-order chi connectivity index (χ0) is 24.9. The molecule has 2 aliphatic heterocycles. The molecule has 0 bridgehead atoms. The summed E-state index contributed by atoms with van der Waals surface area (Å²) in [4.78, 5) is 34.4. The second-order valence-electron chi connectivity index (χ2n) is 9.92. The van der Waals surface area contributed by atoms with Crippen molar-refractivity contribution in [3.05, 3.63) is 47.7 Å². The van der Waals surface area contributed by atoms with Crippen LogP contribution < -0.4 is 15.8 Å². The Hall–Kier alpha value is -3.13. The second kappa shape index (κ2) is 11.1. The van der Waals surface area contributed by atoms with E-state index in [1.807, 2.05) is 31.2 Å². The average molecular weight is 480 g/mol. The molecule has 0 unspecified atom stereocenters. The Bertz CT molecular complexity index is 1050. The molecule has 188 valence electrons. The van der Waals surface area contributed by atoms with Crippen molar-refractivity contribution in [3.8, 4) is 5.75 Å². The van der Waals surface area contributed by atoms with E-state index in [1.165, 1.54) is 6.20 Å². The molecule has 0 aliphatic carbocycles. The topological polar surface area (TPSA) is 101 Å². The molecule has 3 N–H and O–H groups in total. The smallest absolute Gasteiger partial charge is 0.313 e. The Morgan fingerprint density at radius 1 is 1.17 bits per heavy atom. The maximum atomic E-state index is 13.3. The summed E-state index contributed by atoms with van der Waals surface area (Å²) in [5, 5.41) is 2.72. The predicted molar refractivity (Wildman–Crippen MR) is 137 cm³/mol. The number of aromatic nitrogens is 1. The van der Waals surface area contributed by atoms with Gasteiger partial charge >= 0.3 is 11.8 Å². The number of nitrogens with two attached hydrogens (primary N) is 1. The molecule has 2 aliphatic rings. The number of hydrogen-bond acceptors (Lipinski definition) is 6. The Labute approximate surface area is 207 Å². The number of hydrogen-bond donors (Lipinski definition) is 2. The number of piperidine rings is 2. The van der Waals surface area contributed by atoms with Gasteiger partial charge in [0.15, 0.2) is 0 Å². The van der Waals surface area contributed by atoms with Gasteiger partial charge in [0.25, 0.3) is 0 Å². The summed E-state index contributed by atoms with van der Waals surface area (Å²) in [6, 6.07) is 9.62. The number of benzene rings is 1. The van der Waals surface area contributed by atoms with Gasteiger partial charge in [-0.25, -0.2) is 4.98 Å². The van der Waals surface area contributed by atoms with Gasteiger partial charge in [0.1, 0.15) is 17.7 Å². The number of carbonyl (C=O) groups is 2. The van der Waals surface area contributed by atoms with E-state index >= 15 is 0 Å². The summed E-state index contributed by atoms with van der Waals surface area (Å²) in [5.74, 6) is 0.401. The van der Waals surface area contributed by atoms with Crippen LogP contribution in [0.2, 0.25) is 0 Å². The quantitative estimate of drug-likeness (QED) is 0.635. The molecule has 0 spiro atoms. The first-order valence-corrected chi connectivity index (χ1v) is 12.7. The molecule has 2 amide bonds. The van der Waals surface area contributed by atoms with E-state index in [1.54, 1.807) is 11.0 Å². The average Bonchev–Trinajstić information content (AvgIpc) is 2.86. The fraction of sp³-hybridized carbons (Fsp3) is 0.519. The number of nitrogens with one attached hydrogen (secondary N) is 1. The molecule has 35 heavy (non-hydrogen) atoms. The molecule has 3 heterocycles. The highest BCUT2D eigenvalue weighted by atomic mass is 16.5. The van der Waals surface area contributed by atoms with E-state index in [-0.39, 0.29) is 12.1 Å². The summed E-state index contributed by atoms with van der Waals surface area (Å²) in [6.07, 6.45) is 6.20. The van der Waals surface area contributed by atoms with Crippen LogP contribution in [-0.4, -0.2) is 59.4 Å². The molecule has 2 atom stereocenters. The normalized spacial score (nSPS) is 21.5. The number of pyridine rings is 1. The third-order valence-corrected chi connectivity index (χ3v) is 7.12. The van der Waals surface area contributed by atoms with E-state index in [0.717, 1.165) is 55.6 Å². The van der Waals surface area contributed by atoms with Crippen molar-refractivity contribution < 1.29 is 14.3 Å². The minimum Gasteiger partial charge on any atom is -0.490 e. The summed E-state index contributed by atoms with van der Waals surface area (Å²) < 4.78 is 6.28. The Morgan fingerprint density at radius 2 is 1.94 bits per heavy atom. The SMILES string of the molecule is CCc1cc(NC(=O)C(=O)N2C[C@@H](C)CC[C@@H]2c2cccc(OC3CCN(C)CC3)c2)cnc1N.